The molecule has 3 rings (SSSR count). The van der Waals surface area contributed by atoms with Crippen LogP contribution in [0.15, 0.2) is 0 Å². The van der Waals surface area contributed by atoms with Crippen LogP contribution < -0.4 is 15.4 Å². The number of rotatable bonds is 3. The van der Waals surface area contributed by atoms with Crippen molar-refractivity contribution in [3.8, 4) is 5.88 Å². The molecule has 2 N–H and O–H groups in total. The van der Waals surface area contributed by atoms with Gasteiger partial charge in [0, 0.05) is 31.1 Å². The summed E-state index contributed by atoms with van der Waals surface area (Å²) in [5.41, 5.74) is 2.23. The highest BCUT2D eigenvalue weighted by Gasteiger charge is 2.21. The molecule has 5 nitrogen and oxygen atoms in total. The highest BCUT2D eigenvalue weighted by Crippen LogP contribution is 2.26. The third-order valence-electron chi connectivity index (χ3n) is 3.53. The highest BCUT2D eigenvalue weighted by atomic mass is 16.5. The van der Waals surface area contributed by atoms with Crippen molar-refractivity contribution in [2.75, 3.05) is 19.0 Å². The summed E-state index contributed by atoms with van der Waals surface area (Å²) in [4.78, 5) is 9.04. The molecule has 1 aromatic rings. The van der Waals surface area contributed by atoms with Gasteiger partial charge in [-0.1, -0.05) is 0 Å². The monoisotopic (exact) mass is 234 g/mol. The van der Waals surface area contributed by atoms with E-state index < -0.39 is 0 Å². The van der Waals surface area contributed by atoms with Gasteiger partial charge in [0.05, 0.1) is 12.8 Å². The van der Waals surface area contributed by atoms with Crippen LogP contribution in [0.4, 0.5) is 5.95 Å². The molecule has 1 saturated carbocycles. The molecule has 5 heteroatoms. The topological polar surface area (TPSA) is 59.1 Å². The average Bonchev–Trinajstić information content (AvgIpc) is 2.33. The van der Waals surface area contributed by atoms with E-state index in [4.69, 9.17) is 4.74 Å². The van der Waals surface area contributed by atoms with Gasteiger partial charge < -0.3 is 15.4 Å². The van der Waals surface area contributed by atoms with Crippen LogP contribution in [-0.4, -0.2) is 29.7 Å². The van der Waals surface area contributed by atoms with Crippen molar-refractivity contribution in [3.63, 3.8) is 0 Å². The lowest BCUT2D eigenvalue weighted by molar-refractivity contribution is 0.384. The van der Waals surface area contributed by atoms with Crippen molar-refractivity contribution in [2.24, 2.45) is 0 Å². The molecule has 2 aliphatic rings. The van der Waals surface area contributed by atoms with E-state index in [0.29, 0.717) is 11.9 Å². The molecule has 0 spiro atoms. The van der Waals surface area contributed by atoms with Gasteiger partial charge in [-0.15, -0.1) is 0 Å². The predicted octanol–water partition coefficient (Wildman–Crippen LogP) is 1.10. The second-order valence-corrected chi connectivity index (χ2v) is 4.68. The number of ether oxygens (including phenoxy) is 1. The maximum Gasteiger partial charge on any atom is 0.226 e. The van der Waals surface area contributed by atoms with E-state index in [1.807, 2.05) is 0 Å². The summed E-state index contributed by atoms with van der Waals surface area (Å²) in [5.74, 6) is 1.44. The number of nitrogens with one attached hydrogen (secondary N) is 2. The molecule has 0 radical (unpaired) electrons. The minimum Gasteiger partial charge on any atom is -0.481 e. The molecule has 92 valence electrons. The summed E-state index contributed by atoms with van der Waals surface area (Å²) < 4.78 is 5.36. The molecule has 2 heterocycles. The van der Waals surface area contributed by atoms with Crippen LogP contribution in [0.2, 0.25) is 0 Å². The maximum absolute atomic E-state index is 5.36. The van der Waals surface area contributed by atoms with Crippen LogP contribution in [0.1, 0.15) is 30.5 Å². The van der Waals surface area contributed by atoms with E-state index in [1.165, 1.54) is 19.3 Å². The lowest BCUT2D eigenvalue weighted by Crippen LogP contribution is -2.30. The van der Waals surface area contributed by atoms with Crippen LogP contribution in [0, 0.1) is 0 Å². The fourth-order valence-electron chi connectivity index (χ4n) is 2.28. The average molecular weight is 234 g/mol. The molecule has 0 unspecified atom stereocenters. The second-order valence-electron chi connectivity index (χ2n) is 4.68. The molecule has 0 saturated heterocycles. The molecule has 1 aliphatic carbocycles. The molecule has 1 aromatic heterocycles. The fraction of sp³-hybridized carbons (Fsp3) is 0.667. The van der Waals surface area contributed by atoms with Gasteiger partial charge in [-0.3, -0.25) is 0 Å². The van der Waals surface area contributed by atoms with Crippen LogP contribution in [0.5, 0.6) is 5.88 Å². The number of methoxy groups -OCH3 is 1. The van der Waals surface area contributed by atoms with Crippen molar-refractivity contribution >= 4 is 5.95 Å². The second kappa shape index (κ2) is 4.49. The van der Waals surface area contributed by atoms with Gasteiger partial charge in [-0.25, -0.2) is 4.98 Å². The number of anilines is 1. The Morgan fingerprint density at radius 1 is 1.35 bits per heavy atom. The number of fused-ring (bicyclic) bond motifs is 1. The maximum atomic E-state index is 5.36. The van der Waals surface area contributed by atoms with Crippen molar-refractivity contribution < 1.29 is 4.74 Å². The van der Waals surface area contributed by atoms with E-state index >= 15 is 0 Å². The molecule has 0 atom stereocenters. The highest BCUT2D eigenvalue weighted by molar-refractivity contribution is 5.40. The number of aromatic nitrogens is 2. The Balaban J connectivity index is 1.88. The van der Waals surface area contributed by atoms with E-state index in [-0.39, 0.29) is 0 Å². The molecule has 1 fully saturated rings. The molecule has 17 heavy (non-hydrogen) atoms. The molecule has 1 aliphatic heterocycles. The molecule has 0 bridgehead atoms. The quantitative estimate of drug-likeness (QED) is 0.820. The summed E-state index contributed by atoms with van der Waals surface area (Å²) in [5, 5.41) is 6.70. The summed E-state index contributed by atoms with van der Waals surface area (Å²) in [7, 11) is 1.67. The Morgan fingerprint density at radius 3 is 2.94 bits per heavy atom. The Bertz CT molecular complexity index is 400. The first-order valence-electron chi connectivity index (χ1n) is 6.28. The van der Waals surface area contributed by atoms with Crippen molar-refractivity contribution in [2.45, 2.75) is 38.3 Å². The SMILES string of the molecule is COc1nc(NC2CCC2)nc2c1CNCC2. The van der Waals surface area contributed by atoms with Gasteiger partial charge in [-0.2, -0.15) is 4.98 Å². The minimum atomic E-state index is 0.555. The van der Waals surface area contributed by atoms with Gasteiger partial charge in [-0.05, 0) is 19.3 Å². The standard InChI is InChI=1S/C12H18N4O/c1-17-11-9-7-13-6-5-10(9)15-12(16-11)14-8-3-2-4-8/h8,13H,2-7H2,1H3,(H,14,15,16). The minimum absolute atomic E-state index is 0.555. The lowest BCUT2D eigenvalue weighted by Gasteiger charge is -2.27. The third kappa shape index (κ3) is 2.07. The number of hydrogen-bond acceptors (Lipinski definition) is 5. The fourth-order valence-corrected chi connectivity index (χ4v) is 2.28. The van der Waals surface area contributed by atoms with Gasteiger partial charge in [0.1, 0.15) is 0 Å². The third-order valence-corrected chi connectivity index (χ3v) is 3.53. The molecular formula is C12H18N4O. The van der Waals surface area contributed by atoms with Crippen LogP contribution in [0.3, 0.4) is 0 Å². The van der Waals surface area contributed by atoms with Crippen LogP contribution >= 0.6 is 0 Å². The van der Waals surface area contributed by atoms with Gasteiger partial charge in [0.25, 0.3) is 0 Å². The molecule has 0 amide bonds. The van der Waals surface area contributed by atoms with Crippen LogP contribution in [0.25, 0.3) is 0 Å². The van der Waals surface area contributed by atoms with E-state index in [2.05, 4.69) is 20.6 Å². The van der Waals surface area contributed by atoms with Crippen molar-refractivity contribution in [1.82, 2.24) is 15.3 Å². The summed E-state index contributed by atoms with van der Waals surface area (Å²) >= 11 is 0. The first-order valence-corrected chi connectivity index (χ1v) is 6.28. The largest absolute Gasteiger partial charge is 0.481 e. The predicted molar refractivity (Wildman–Crippen MR) is 65.3 cm³/mol. The Labute approximate surface area is 101 Å². The van der Waals surface area contributed by atoms with Crippen LogP contribution in [-0.2, 0) is 13.0 Å². The summed E-state index contributed by atoms with van der Waals surface area (Å²) in [6, 6.07) is 0.555. The van der Waals surface area contributed by atoms with Gasteiger partial charge in [0.15, 0.2) is 0 Å². The van der Waals surface area contributed by atoms with E-state index in [1.54, 1.807) is 7.11 Å². The van der Waals surface area contributed by atoms with Gasteiger partial charge in [0.2, 0.25) is 11.8 Å². The first kappa shape index (κ1) is 10.8. The smallest absolute Gasteiger partial charge is 0.226 e. The lowest BCUT2D eigenvalue weighted by atomic mass is 9.93. The summed E-state index contributed by atoms with van der Waals surface area (Å²) in [6.07, 6.45) is 4.71. The zero-order valence-corrected chi connectivity index (χ0v) is 10.1. The Kier molecular flexibility index (Phi) is 2.84. The zero-order valence-electron chi connectivity index (χ0n) is 10.1. The zero-order chi connectivity index (χ0) is 11.7. The molecular weight excluding hydrogens is 216 g/mol. The van der Waals surface area contributed by atoms with E-state index in [0.717, 1.165) is 36.7 Å². The van der Waals surface area contributed by atoms with E-state index in [9.17, 15) is 0 Å². The number of hydrogen-bond donors (Lipinski definition) is 2. The van der Waals surface area contributed by atoms with Crippen molar-refractivity contribution in [3.05, 3.63) is 11.3 Å². The summed E-state index contributed by atoms with van der Waals surface area (Å²) in [6.45, 7) is 1.79. The normalized spacial score (nSPS) is 19.4. The Hall–Kier alpha value is -1.36. The molecule has 0 aromatic carbocycles. The van der Waals surface area contributed by atoms with Crippen molar-refractivity contribution in [1.29, 1.82) is 0 Å². The number of nitrogens with zero attached hydrogens (tertiary/aromatic N) is 2. The first-order chi connectivity index (χ1) is 8.36. The van der Waals surface area contributed by atoms with Gasteiger partial charge >= 0.3 is 0 Å². The Morgan fingerprint density at radius 2 is 2.24 bits per heavy atom.